The highest BCUT2D eigenvalue weighted by molar-refractivity contribution is 7.98. The van der Waals surface area contributed by atoms with E-state index in [2.05, 4.69) is 5.32 Å². The molecule has 98 valence electrons. The van der Waals surface area contributed by atoms with Crippen molar-refractivity contribution in [1.82, 2.24) is 5.32 Å². The fourth-order valence-corrected chi connectivity index (χ4v) is 2.29. The molecule has 0 saturated carbocycles. The van der Waals surface area contributed by atoms with Gasteiger partial charge in [0, 0.05) is 17.0 Å². The van der Waals surface area contributed by atoms with Crippen molar-refractivity contribution in [2.75, 3.05) is 6.26 Å². The summed E-state index contributed by atoms with van der Waals surface area (Å²) >= 11 is 1.64. The lowest BCUT2D eigenvalue weighted by Gasteiger charge is -2.09. The van der Waals surface area contributed by atoms with Gasteiger partial charge in [0.1, 0.15) is 0 Å². The summed E-state index contributed by atoms with van der Waals surface area (Å²) in [5.41, 5.74) is 2.86. The van der Waals surface area contributed by atoms with Crippen LogP contribution < -0.4 is 5.32 Å². The molecule has 0 bridgehead atoms. The van der Waals surface area contributed by atoms with Crippen molar-refractivity contribution in [3.05, 3.63) is 65.2 Å². The van der Waals surface area contributed by atoms with E-state index in [1.165, 1.54) is 0 Å². The molecule has 19 heavy (non-hydrogen) atoms. The second kappa shape index (κ2) is 6.43. The third kappa shape index (κ3) is 3.61. The summed E-state index contributed by atoms with van der Waals surface area (Å²) in [4.78, 5) is 13.3. The lowest BCUT2D eigenvalue weighted by molar-refractivity contribution is 0.0950. The van der Waals surface area contributed by atoms with Gasteiger partial charge in [0.2, 0.25) is 0 Å². The predicted molar refractivity (Wildman–Crippen MR) is 80.6 cm³/mol. The molecule has 0 saturated heterocycles. The SMILES string of the molecule is CSc1ccc(C)c(C(=O)NCc2ccccc2)c1. The average molecular weight is 271 g/mol. The number of nitrogens with one attached hydrogen (secondary N) is 1. The smallest absolute Gasteiger partial charge is 0.251 e. The van der Waals surface area contributed by atoms with Crippen LogP contribution in [-0.4, -0.2) is 12.2 Å². The Morgan fingerprint density at radius 1 is 1.16 bits per heavy atom. The van der Waals surface area contributed by atoms with Crippen molar-refractivity contribution < 1.29 is 4.79 Å². The molecule has 2 rings (SSSR count). The van der Waals surface area contributed by atoms with Crippen molar-refractivity contribution in [2.24, 2.45) is 0 Å². The van der Waals surface area contributed by atoms with Gasteiger partial charge in [-0.3, -0.25) is 4.79 Å². The number of aryl methyl sites for hydroxylation is 1. The normalized spacial score (nSPS) is 10.2. The number of hydrogen-bond donors (Lipinski definition) is 1. The van der Waals surface area contributed by atoms with Crippen LogP contribution in [0.4, 0.5) is 0 Å². The largest absolute Gasteiger partial charge is 0.348 e. The van der Waals surface area contributed by atoms with Crippen LogP contribution in [0.15, 0.2) is 53.4 Å². The molecule has 0 aliphatic carbocycles. The van der Waals surface area contributed by atoms with Crippen LogP contribution in [0, 0.1) is 6.92 Å². The Morgan fingerprint density at radius 2 is 1.89 bits per heavy atom. The standard InChI is InChI=1S/C16H17NOS/c1-12-8-9-14(19-2)10-15(12)16(18)17-11-13-6-4-3-5-7-13/h3-10H,11H2,1-2H3,(H,17,18). The van der Waals surface area contributed by atoms with E-state index in [1.807, 2.05) is 61.7 Å². The number of carbonyl (C=O) groups is 1. The van der Waals surface area contributed by atoms with Crippen LogP contribution in [0.3, 0.4) is 0 Å². The third-order valence-electron chi connectivity index (χ3n) is 2.99. The Kier molecular flexibility index (Phi) is 4.63. The topological polar surface area (TPSA) is 29.1 Å². The summed E-state index contributed by atoms with van der Waals surface area (Å²) in [6.45, 7) is 2.52. The Bertz CT molecular complexity index is 566. The van der Waals surface area contributed by atoms with Crippen LogP contribution in [0.1, 0.15) is 21.5 Å². The van der Waals surface area contributed by atoms with Crippen molar-refractivity contribution in [1.29, 1.82) is 0 Å². The molecule has 3 heteroatoms. The minimum Gasteiger partial charge on any atom is -0.348 e. The zero-order valence-corrected chi connectivity index (χ0v) is 12.0. The van der Waals surface area contributed by atoms with E-state index in [9.17, 15) is 4.79 Å². The highest BCUT2D eigenvalue weighted by Gasteiger charge is 2.09. The van der Waals surface area contributed by atoms with E-state index in [-0.39, 0.29) is 5.91 Å². The number of rotatable bonds is 4. The maximum atomic E-state index is 12.2. The van der Waals surface area contributed by atoms with Gasteiger partial charge in [-0.2, -0.15) is 0 Å². The highest BCUT2D eigenvalue weighted by Crippen LogP contribution is 2.19. The van der Waals surface area contributed by atoms with E-state index >= 15 is 0 Å². The van der Waals surface area contributed by atoms with Crippen molar-refractivity contribution in [2.45, 2.75) is 18.4 Å². The molecule has 0 unspecified atom stereocenters. The average Bonchev–Trinajstić information content (AvgIpc) is 2.46. The van der Waals surface area contributed by atoms with Crippen molar-refractivity contribution in [3.8, 4) is 0 Å². The number of hydrogen-bond acceptors (Lipinski definition) is 2. The van der Waals surface area contributed by atoms with Gasteiger partial charge in [-0.1, -0.05) is 36.4 Å². The molecular weight excluding hydrogens is 254 g/mol. The maximum absolute atomic E-state index is 12.2. The summed E-state index contributed by atoms with van der Waals surface area (Å²) in [5.74, 6) is -0.0164. The van der Waals surface area contributed by atoms with E-state index < -0.39 is 0 Å². The summed E-state index contributed by atoms with van der Waals surface area (Å²) in [5, 5.41) is 2.96. The van der Waals surface area contributed by atoms with Gasteiger partial charge < -0.3 is 5.32 Å². The first-order chi connectivity index (χ1) is 9.20. The van der Waals surface area contributed by atoms with Gasteiger partial charge in [-0.05, 0) is 36.4 Å². The minimum atomic E-state index is -0.0164. The van der Waals surface area contributed by atoms with Gasteiger partial charge >= 0.3 is 0 Å². The predicted octanol–water partition coefficient (Wildman–Crippen LogP) is 3.65. The molecule has 0 spiro atoms. The Balaban J connectivity index is 2.08. The van der Waals surface area contributed by atoms with E-state index in [0.717, 1.165) is 21.6 Å². The molecule has 0 radical (unpaired) electrons. The van der Waals surface area contributed by atoms with Gasteiger partial charge in [-0.25, -0.2) is 0 Å². The van der Waals surface area contributed by atoms with E-state index in [0.29, 0.717) is 6.54 Å². The molecule has 2 nitrogen and oxygen atoms in total. The summed E-state index contributed by atoms with van der Waals surface area (Å²) in [6, 6.07) is 15.9. The molecule has 0 aliphatic heterocycles. The maximum Gasteiger partial charge on any atom is 0.251 e. The Morgan fingerprint density at radius 3 is 2.58 bits per heavy atom. The first-order valence-corrected chi connectivity index (χ1v) is 7.40. The molecule has 0 aromatic heterocycles. The first kappa shape index (κ1) is 13.7. The first-order valence-electron chi connectivity index (χ1n) is 6.17. The molecule has 0 fully saturated rings. The van der Waals surface area contributed by atoms with Crippen molar-refractivity contribution in [3.63, 3.8) is 0 Å². The van der Waals surface area contributed by atoms with Gasteiger partial charge in [0.25, 0.3) is 5.91 Å². The molecular formula is C16H17NOS. The lowest BCUT2D eigenvalue weighted by atomic mass is 10.1. The molecule has 0 heterocycles. The molecule has 2 aromatic carbocycles. The summed E-state index contributed by atoms with van der Waals surface area (Å²) in [7, 11) is 0. The van der Waals surface area contributed by atoms with Crippen LogP contribution >= 0.6 is 11.8 Å². The Hall–Kier alpha value is -1.74. The highest BCUT2D eigenvalue weighted by atomic mass is 32.2. The van der Waals surface area contributed by atoms with Crippen LogP contribution in [0.25, 0.3) is 0 Å². The Labute approximate surface area is 118 Å². The zero-order chi connectivity index (χ0) is 13.7. The number of amides is 1. The second-order valence-electron chi connectivity index (χ2n) is 4.35. The fraction of sp³-hybridized carbons (Fsp3) is 0.188. The summed E-state index contributed by atoms with van der Waals surface area (Å²) in [6.07, 6.45) is 2.01. The van der Waals surface area contributed by atoms with Crippen LogP contribution in [0.5, 0.6) is 0 Å². The lowest BCUT2D eigenvalue weighted by Crippen LogP contribution is -2.23. The molecule has 1 amide bonds. The summed E-state index contributed by atoms with van der Waals surface area (Å²) < 4.78 is 0. The van der Waals surface area contributed by atoms with Crippen LogP contribution in [0.2, 0.25) is 0 Å². The number of thioether (sulfide) groups is 1. The molecule has 0 aliphatic rings. The zero-order valence-electron chi connectivity index (χ0n) is 11.1. The van der Waals surface area contributed by atoms with Gasteiger partial charge in [0.05, 0.1) is 0 Å². The van der Waals surface area contributed by atoms with E-state index in [1.54, 1.807) is 11.8 Å². The fourth-order valence-electron chi connectivity index (χ4n) is 1.85. The molecule has 1 N–H and O–H groups in total. The van der Waals surface area contributed by atoms with Gasteiger partial charge in [0.15, 0.2) is 0 Å². The quantitative estimate of drug-likeness (QED) is 0.860. The van der Waals surface area contributed by atoms with Crippen molar-refractivity contribution >= 4 is 17.7 Å². The number of benzene rings is 2. The number of carbonyl (C=O) groups excluding carboxylic acids is 1. The molecule has 2 aromatic rings. The molecule has 0 atom stereocenters. The monoisotopic (exact) mass is 271 g/mol. The van der Waals surface area contributed by atoms with Gasteiger partial charge in [-0.15, -0.1) is 11.8 Å². The third-order valence-corrected chi connectivity index (χ3v) is 3.71. The second-order valence-corrected chi connectivity index (χ2v) is 5.23. The van der Waals surface area contributed by atoms with E-state index in [4.69, 9.17) is 0 Å². The van der Waals surface area contributed by atoms with Crippen LogP contribution in [-0.2, 0) is 6.54 Å². The minimum absolute atomic E-state index is 0.0164.